The highest BCUT2D eigenvalue weighted by Crippen LogP contribution is 2.26. The molecular weight excluding hydrogens is 529 g/mol. The molecule has 0 unspecified atom stereocenters. The molecule has 0 aliphatic carbocycles. The number of hydrogen-bond donors (Lipinski definition) is 2. The Bertz CT molecular complexity index is 1650. The molecule has 8 nitrogen and oxygen atoms in total. The number of benzene rings is 3. The summed E-state index contributed by atoms with van der Waals surface area (Å²) in [5.41, 5.74) is 5.67. The number of rotatable bonds is 7. The molecule has 0 bridgehead atoms. The van der Waals surface area contributed by atoms with E-state index in [1.54, 1.807) is 18.5 Å². The third kappa shape index (κ3) is 5.43. The number of nitrogens with zero attached hydrogens (tertiary/aromatic N) is 5. The molecule has 2 N–H and O–H groups in total. The zero-order chi connectivity index (χ0) is 27.6. The number of aromatic amines is 1. The van der Waals surface area contributed by atoms with Gasteiger partial charge in [0, 0.05) is 54.1 Å². The van der Waals surface area contributed by atoms with Gasteiger partial charge >= 0.3 is 0 Å². The summed E-state index contributed by atoms with van der Waals surface area (Å²) in [4.78, 5) is 22.2. The topological polar surface area (TPSA) is 82.1 Å². The molecule has 1 saturated heterocycles. The minimum Gasteiger partial charge on any atom is -0.369 e. The average molecular weight is 558 g/mol. The zero-order valence-corrected chi connectivity index (χ0v) is 22.8. The van der Waals surface area contributed by atoms with Gasteiger partial charge in [-0.2, -0.15) is 5.10 Å². The molecule has 1 aliphatic rings. The van der Waals surface area contributed by atoms with Crippen LogP contribution in [-0.2, 0) is 6.54 Å². The highest BCUT2D eigenvalue weighted by atomic mass is 35.5. The fourth-order valence-corrected chi connectivity index (χ4v) is 5.24. The van der Waals surface area contributed by atoms with Crippen molar-refractivity contribution in [1.82, 2.24) is 24.6 Å². The summed E-state index contributed by atoms with van der Waals surface area (Å²) >= 11 is 6.28. The summed E-state index contributed by atoms with van der Waals surface area (Å²) in [6.07, 6.45) is 1.71. The smallest absolute Gasteiger partial charge is 0.256 e. The molecular formula is C30H29ClFN7O. The lowest BCUT2D eigenvalue weighted by atomic mass is 10.1. The summed E-state index contributed by atoms with van der Waals surface area (Å²) < 4.78 is 15.7. The number of piperazine rings is 1. The van der Waals surface area contributed by atoms with Crippen LogP contribution in [0.1, 0.15) is 22.8 Å². The first-order chi connectivity index (χ1) is 19.5. The van der Waals surface area contributed by atoms with Crippen molar-refractivity contribution in [1.29, 1.82) is 0 Å². The Kier molecular flexibility index (Phi) is 7.23. The molecule has 204 valence electrons. The van der Waals surface area contributed by atoms with Gasteiger partial charge in [0.2, 0.25) is 0 Å². The molecule has 2 aromatic heterocycles. The number of carbonyl (C=O) groups is 1. The fourth-order valence-electron chi connectivity index (χ4n) is 5.07. The van der Waals surface area contributed by atoms with E-state index in [-0.39, 0.29) is 11.7 Å². The number of hydrogen-bond acceptors (Lipinski definition) is 5. The number of aromatic nitrogens is 4. The standard InChI is InChI=1S/C30H29ClFN7O/c1-2-37-11-13-38(14-12-37)24-7-3-20(4-8-24)30(40)34-29-17-27(35-36-29)21-5-10-26-28(16-21)39(19-33-26)18-22-15-23(32)6-9-25(22)31/h3-10,15-17,19H,2,11-14,18H2,1H3,(H2,34,35,36,40). The number of anilines is 2. The van der Waals surface area contributed by atoms with Gasteiger partial charge in [0.15, 0.2) is 5.82 Å². The Labute approximate surface area is 236 Å². The maximum absolute atomic E-state index is 13.8. The van der Waals surface area contributed by atoms with E-state index in [1.807, 2.05) is 47.0 Å². The average Bonchev–Trinajstić information content (AvgIpc) is 3.62. The molecule has 10 heteroatoms. The Hall–Kier alpha value is -4.21. The predicted molar refractivity (Wildman–Crippen MR) is 157 cm³/mol. The number of carbonyl (C=O) groups excluding carboxylic acids is 1. The van der Waals surface area contributed by atoms with Crippen molar-refractivity contribution in [3.63, 3.8) is 0 Å². The van der Waals surface area contributed by atoms with E-state index in [1.165, 1.54) is 12.1 Å². The van der Waals surface area contributed by atoms with Gasteiger partial charge in [-0.25, -0.2) is 9.37 Å². The molecule has 3 heterocycles. The second kappa shape index (κ2) is 11.1. The van der Waals surface area contributed by atoms with Gasteiger partial charge < -0.3 is 19.7 Å². The monoisotopic (exact) mass is 557 g/mol. The Balaban J connectivity index is 1.14. The molecule has 0 atom stereocenters. The van der Waals surface area contributed by atoms with Crippen LogP contribution in [0.2, 0.25) is 5.02 Å². The molecule has 0 saturated carbocycles. The van der Waals surface area contributed by atoms with Crippen molar-refractivity contribution in [3.05, 3.63) is 95.0 Å². The highest BCUT2D eigenvalue weighted by Gasteiger charge is 2.17. The first kappa shape index (κ1) is 26.0. The molecule has 40 heavy (non-hydrogen) atoms. The van der Waals surface area contributed by atoms with Crippen LogP contribution in [0.3, 0.4) is 0 Å². The van der Waals surface area contributed by atoms with Crippen molar-refractivity contribution in [2.24, 2.45) is 0 Å². The lowest BCUT2D eigenvalue weighted by Crippen LogP contribution is -2.46. The van der Waals surface area contributed by atoms with Gasteiger partial charge in [-0.15, -0.1) is 0 Å². The third-order valence-corrected chi connectivity index (χ3v) is 7.78. The molecule has 3 aromatic carbocycles. The van der Waals surface area contributed by atoms with E-state index < -0.39 is 0 Å². The van der Waals surface area contributed by atoms with Gasteiger partial charge in [0.1, 0.15) is 5.82 Å². The van der Waals surface area contributed by atoms with Crippen molar-refractivity contribution < 1.29 is 9.18 Å². The summed E-state index contributed by atoms with van der Waals surface area (Å²) in [6, 6.07) is 19.7. The second-order valence-corrected chi connectivity index (χ2v) is 10.3. The van der Waals surface area contributed by atoms with Gasteiger partial charge in [-0.3, -0.25) is 9.89 Å². The van der Waals surface area contributed by atoms with E-state index in [9.17, 15) is 9.18 Å². The van der Waals surface area contributed by atoms with Gasteiger partial charge in [0.05, 0.1) is 29.6 Å². The van der Waals surface area contributed by atoms with Crippen LogP contribution < -0.4 is 10.2 Å². The summed E-state index contributed by atoms with van der Waals surface area (Å²) in [6.45, 7) is 7.73. The molecule has 0 spiro atoms. The van der Waals surface area contributed by atoms with E-state index >= 15 is 0 Å². The van der Waals surface area contributed by atoms with Crippen molar-refractivity contribution in [2.75, 3.05) is 42.9 Å². The Morgan fingerprint density at radius 3 is 2.60 bits per heavy atom. The van der Waals surface area contributed by atoms with Crippen LogP contribution in [0, 0.1) is 5.82 Å². The SMILES string of the molecule is CCN1CCN(c2ccc(C(=O)Nc3cc(-c4ccc5ncn(Cc6cc(F)ccc6Cl)c5c4)[nH]n3)cc2)CC1. The van der Waals surface area contributed by atoms with E-state index in [2.05, 4.69) is 37.2 Å². The molecule has 5 aromatic rings. The van der Waals surface area contributed by atoms with Crippen molar-refractivity contribution >= 4 is 40.0 Å². The van der Waals surface area contributed by atoms with E-state index in [0.717, 1.165) is 60.7 Å². The zero-order valence-electron chi connectivity index (χ0n) is 22.1. The largest absolute Gasteiger partial charge is 0.369 e. The first-order valence-corrected chi connectivity index (χ1v) is 13.7. The molecule has 1 aliphatic heterocycles. The number of amides is 1. The maximum Gasteiger partial charge on any atom is 0.256 e. The second-order valence-electron chi connectivity index (χ2n) is 9.90. The van der Waals surface area contributed by atoms with Gasteiger partial charge in [0.25, 0.3) is 5.91 Å². The van der Waals surface area contributed by atoms with E-state index in [0.29, 0.717) is 28.5 Å². The van der Waals surface area contributed by atoms with Crippen LogP contribution in [0.4, 0.5) is 15.9 Å². The van der Waals surface area contributed by atoms with E-state index in [4.69, 9.17) is 11.6 Å². The van der Waals surface area contributed by atoms with Gasteiger partial charge in [-0.05, 0) is 66.7 Å². The van der Waals surface area contributed by atoms with Crippen LogP contribution in [-0.4, -0.2) is 63.3 Å². The Morgan fingerprint density at radius 2 is 1.82 bits per heavy atom. The first-order valence-electron chi connectivity index (χ1n) is 13.3. The highest BCUT2D eigenvalue weighted by molar-refractivity contribution is 6.31. The summed E-state index contributed by atoms with van der Waals surface area (Å²) in [7, 11) is 0. The number of imidazole rings is 1. The lowest BCUT2D eigenvalue weighted by Gasteiger charge is -2.35. The third-order valence-electron chi connectivity index (χ3n) is 7.41. The Morgan fingerprint density at radius 1 is 1.02 bits per heavy atom. The summed E-state index contributed by atoms with van der Waals surface area (Å²) in [5, 5.41) is 10.7. The van der Waals surface area contributed by atoms with Crippen LogP contribution in [0.15, 0.2) is 73.1 Å². The number of halogens is 2. The van der Waals surface area contributed by atoms with Crippen molar-refractivity contribution in [3.8, 4) is 11.3 Å². The quantitative estimate of drug-likeness (QED) is 0.270. The number of H-pyrrole nitrogens is 1. The fraction of sp³-hybridized carbons (Fsp3) is 0.233. The van der Waals surface area contributed by atoms with Crippen LogP contribution >= 0.6 is 11.6 Å². The molecule has 0 radical (unpaired) electrons. The lowest BCUT2D eigenvalue weighted by molar-refractivity contribution is 0.102. The number of likely N-dealkylation sites (N-methyl/N-ethyl adjacent to an activating group) is 1. The van der Waals surface area contributed by atoms with Gasteiger partial charge in [-0.1, -0.05) is 24.6 Å². The minimum atomic E-state index is -0.335. The normalized spacial score (nSPS) is 14.1. The van der Waals surface area contributed by atoms with Crippen LogP contribution in [0.25, 0.3) is 22.3 Å². The van der Waals surface area contributed by atoms with Crippen LogP contribution in [0.5, 0.6) is 0 Å². The number of nitrogens with one attached hydrogen (secondary N) is 2. The summed E-state index contributed by atoms with van der Waals surface area (Å²) in [5.74, 6) is -0.126. The maximum atomic E-state index is 13.8. The number of fused-ring (bicyclic) bond motifs is 1. The molecule has 1 fully saturated rings. The molecule has 1 amide bonds. The minimum absolute atomic E-state index is 0.221. The molecule has 6 rings (SSSR count). The predicted octanol–water partition coefficient (Wildman–Crippen LogP) is 5.66. The van der Waals surface area contributed by atoms with Crippen molar-refractivity contribution in [2.45, 2.75) is 13.5 Å².